The number of carboxylic acids is 1. The maximum atomic E-state index is 11.1. The van der Waals surface area contributed by atoms with Crippen LogP contribution in [0.4, 0.5) is 0 Å². The van der Waals surface area contributed by atoms with Crippen LogP contribution in [0, 0.1) is 0 Å². The van der Waals surface area contributed by atoms with E-state index in [0.29, 0.717) is 11.5 Å². The maximum Gasteiger partial charge on any atom is 0.335 e. The van der Waals surface area contributed by atoms with Gasteiger partial charge in [0.25, 0.3) is 0 Å². The van der Waals surface area contributed by atoms with Gasteiger partial charge in [-0.2, -0.15) is 0 Å². The molecule has 106 valence electrons. The number of aromatic nitrogens is 1. The molecule has 21 heavy (non-hydrogen) atoms. The molecule has 2 N–H and O–H groups in total. The minimum Gasteiger partial charge on any atom is -0.478 e. The third-order valence-corrected chi connectivity index (χ3v) is 3.73. The van der Waals surface area contributed by atoms with Gasteiger partial charge in [0, 0.05) is 16.6 Å². The van der Waals surface area contributed by atoms with E-state index in [-0.39, 0.29) is 0 Å². The molecule has 0 saturated heterocycles. The highest BCUT2D eigenvalue weighted by atomic mass is 16.4. The smallest absolute Gasteiger partial charge is 0.335 e. The van der Waals surface area contributed by atoms with Crippen LogP contribution < -0.4 is 0 Å². The molecule has 0 fully saturated rings. The quantitative estimate of drug-likeness (QED) is 0.732. The predicted octanol–water partition coefficient (Wildman–Crippen LogP) is 4.66. The fraction of sp³-hybridized carbons (Fsp3) is 0.167. The lowest BCUT2D eigenvalue weighted by Gasteiger charge is -2.03. The molecule has 0 amide bonds. The lowest BCUT2D eigenvalue weighted by atomic mass is 10.0. The summed E-state index contributed by atoms with van der Waals surface area (Å²) >= 11 is 0. The third kappa shape index (κ3) is 2.55. The van der Waals surface area contributed by atoms with Gasteiger partial charge in [0.2, 0.25) is 0 Å². The van der Waals surface area contributed by atoms with Gasteiger partial charge in [-0.3, -0.25) is 0 Å². The summed E-state index contributed by atoms with van der Waals surface area (Å²) in [5.74, 6) is -0.418. The zero-order valence-electron chi connectivity index (χ0n) is 12.1. The predicted molar refractivity (Wildman–Crippen MR) is 84.8 cm³/mol. The Balaban J connectivity index is 2.08. The molecule has 0 bridgehead atoms. The number of rotatable bonds is 3. The number of aromatic amines is 1. The van der Waals surface area contributed by atoms with Gasteiger partial charge in [0.05, 0.1) is 5.56 Å². The van der Waals surface area contributed by atoms with Crippen molar-refractivity contribution in [3.63, 3.8) is 0 Å². The number of nitrogens with one attached hydrogen (secondary N) is 1. The first kappa shape index (κ1) is 13.4. The molecule has 0 saturated carbocycles. The van der Waals surface area contributed by atoms with Crippen molar-refractivity contribution < 1.29 is 9.90 Å². The van der Waals surface area contributed by atoms with Crippen molar-refractivity contribution in [1.82, 2.24) is 4.98 Å². The van der Waals surface area contributed by atoms with E-state index in [1.54, 1.807) is 18.2 Å². The van der Waals surface area contributed by atoms with Crippen LogP contribution >= 0.6 is 0 Å². The summed E-state index contributed by atoms with van der Waals surface area (Å²) in [6.45, 7) is 4.34. The molecule has 2 aromatic carbocycles. The first-order valence-electron chi connectivity index (χ1n) is 7.01. The lowest BCUT2D eigenvalue weighted by Crippen LogP contribution is -1.95. The number of hydrogen-bond acceptors (Lipinski definition) is 1. The maximum absolute atomic E-state index is 11.1. The standard InChI is InChI=1S/C18H17NO2/c1-11(2)12-6-7-16-15(8-12)10-17(19-16)13-4-3-5-14(9-13)18(20)21/h3-11,19H,1-2H3,(H,20,21). The second-order valence-electron chi connectivity index (χ2n) is 5.57. The van der Waals surface area contributed by atoms with E-state index in [1.807, 2.05) is 6.07 Å². The molecule has 0 unspecified atom stereocenters. The normalized spacial score (nSPS) is 11.2. The minimum absolute atomic E-state index is 0.300. The molecule has 0 aliphatic heterocycles. The van der Waals surface area contributed by atoms with E-state index in [2.05, 4.69) is 43.1 Å². The molecule has 0 atom stereocenters. The molecule has 3 rings (SSSR count). The van der Waals surface area contributed by atoms with Crippen molar-refractivity contribution in [2.24, 2.45) is 0 Å². The first-order valence-corrected chi connectivity index (χ1v) is 7.01. The number of benzene rings is 2. The summed E-state index contributed by atoms with van der Waals surface area (Å²) in [4.78, 5) is 14.4. The van der Waals surface area contributed by atoms with Gasteiger partial charge in [-0.05, 0) is 47.4 Å². The first-order chi connectivity index (χ1) is 10.0. The number of aromatic carboxylic acids is 1. The van der Waals surface area contributed by atoms with E-state index in [9.17, 15) is 4.79 Å². The number of hydrogen-bond donors (Lipinski definition) is 2. The van der Waals surface area contributed by atoms with Crippen molar-refractivity contribution in [2.75, 3.05) is 0 Å². The van der Waals surface area contributed by atoms with Gasteiger partial charge < -0.3 is 10.1 Å². The van der Waals surface area contributed by atoms with E-state index >= 15 is 0 Å². The van der Waals surface area contributed by atoms with Gasteiger partial charge >= 0.3 is 5.97 Å². The molecule has 3 nitrogen and oxygen atoms in total. The summed E-state index contributed by atoms with van der Waals surface area (Å²) in [5, 5.41) is 10.2. The average molecular weight is 279 g/mol. The van der Waals surface area contributed by atoms with Gasteiger partial charge in [0.1, 0.15) is 0 Å². The molecule has 1 heterocycles. The van der Waals surface area contributed by atoms with Crippen LogP contribution in [0.2, 0.25) is 0 Å². The molecule has 0 aliphatic carbocycles. The van der Waals surface area contributed by atoms with Crippen molar-refractivity contribution in [1.29, 1.82) is 0 Å². The molecule has 0 radical (unpaired) electrons. The van der Waals surface area contributed by atoms with E-state index < -0.39 is 5.97 Å². The Morgan fingerprint density at radius 2 is 1.90 bits per heavy atom. The summed E-state index contributed by atoms with van der Waals surface area (Å²) in [5.41, 5.74) is 4.49. The van der Waals surface area contributed by atoms with Crippen LogP contribution in [0.3, 0.4) is 0 Å². The summed E-state index contributed by atoms with van der Waals surface area (Å²) in [6, 6.07) is 15.4. The highest BCUT2D eigenvalue weighted by Gasteiger charge is 2.08. The van der Waals surface area contributed by atoms with E-state index in [1.165, 1.54) is 5.56 Å². The number of carbonyl (C=O) groups is 1. The van der Waals surface area contributed by atoms with Crippen molar-refractivity contribution >= 4 is 16.9 Å². The number of H-pyrrole nitrogens is 1. The van der Waals surface area contributed by atoms with Crippen LogP contribution in [0.1, 0.15) is 35.7 Å². The fourth-order valence-electron chi connectivity index (χ4n) is 2.49. The highest BCUT2D eigenvalue weighted by Crippen LogP contribution is 2.27. The Hall–Kier alpha value is -2.55. The largest absolute Gasteiger partial charge is 0.478 e. The molecule has 0 aliphatic rings. The molecular weight excluding hydrogens is 262 g/mol. The monoisotopic (exact) mass is 279 g/mol. The topological polar surface area (TPSA) is 53.1 Å². The Morgan fingerprint density at radius 1 is 1.10 bits per heavy atom. The molecular formula is C18H17NO2. The fourth-order valence-corrected chi connectivity index (χ4v) is 2.49. The van der Waals surface area contributed by atoms with Gasteiger partial charge in [0.15, 0.2) is 0 Å². The highest BCUT2D eigenvalue weighted by molar-refractivity contribution is 5.91. The SMILES string of the molecule is CC(C)c1ccc2[nH]c(-c3cccc(C(=O)O)c3)cc2c1. The molecule has 0 spiro atoms. The van der Waals surface area contributed by atoms with Crippen molar-refractivity contribution in [2.45, 2.75) is 19.8 Å². The van der Waals surface area contributed by atoms with Gasteiger partial charge in [-0.15, -0.1) is 0 Å². The van der Waals surface area contributed by atoms with E-state index in [0.717, 1.165) is 22.2 Å². The Labute approximate surface area is 123 Å². The van der Waals surface area contributed by atoms with Crippen LogP contribution in [-0.2, 0) is 0 Å². The minimum atomic E-state index is -0.907. The summed E-state index contributed by atoms with van der Waals surface area (Å²) < 4.78 is 0. The Bertz CT molecular complexity index is 815. The Kier molecular flexibility index (Phi) is 3.26. The van der Waals surface area contributed by atoms with Crippen LogP contribution in [0.15, 0.2) is 48.5 Å². The van der Waals surface area contributed by atoms with Crippen LogP contribution in [0.5, 0.6) is 0 Å². The number of carboxylic acid groups (broad SMARTS) is 1. The summed E-state index contributed by atoms with van der Waals surface area (Å²) in [7, 11) is 0. The average Bonchev–Trinajstić information content (AvgIpc) is 2.90. The third-order valence-electron chi connectivity index (χ3n) is 3.73. The molecule has 3 heteroatoms. The van der Waals surface area contributed by atoms with Crippen LogP contribution in [0.25, 0.3) is 22.2 Å². The second kappa shape index (κ2) is 5.09. The zero-order valence-corrected chi connectivity index (χ0v) is 12.1. The number of fused-ring (bicyclic) bond motifs is 1. The Morgan fingerprint density at radius 3 is 2.62 bits per heavy atom. The van der Waals surface area contributed by atoms with E-state index in [4.69, 9.17) is 5.11 Å². The molecule has 3 aromatic rings. The molecule has 1 aromatic heterocycles. The second-order valence-corrected chi connectivity index (χ2v) is 5.57. The zero-order chi connectivity index (χ0) is 15.0. The lowest BCUT2D eigenvalue weighted by molar-refractivity contribution is 0.0697. The van der Waals surface area contributed by atoms with Gasteiger partial charge in [-0.25, -0.2) is 4.79 Å². The van der Waals surface area contributed by atoms with Crippen molar-refractivity contribution in [3.05, 3.63) is 59.7 Å². The van der Waals surface area contributed by atoms with Crippen LogP contribution in [-0.4, -0.2) is 16.1 Å². The van der Waals surface area contributed by atoms with Crippen molar-refractivity contribution in [3.8, 4) is 11.3 Å². The van der Waals surface area contributed by atoms with Gasteiger partial charge in [-0.1, -0.05) is 32.0 Å². The summed E-state index contributed by atoms with van der Waals surface area (Å²) in [6.07, 6.45) is 0.